The van der Waals surface area contributed by atoms with E-state index in [4.69, 9.17) is 0 Å². The number of hydrogen-bond donors (Lipinski definition) is 1. The predicted octanol–water partition coefficient (Wildman–Crippen LogP) is 1.99. The zero-order valence-electron chi connectivity index (χ0n) is 8.92. The summed E-state index contributed by atoms with van der Waals surface area (Å²) in [6.07, 6.45) is 5.20. The summed E-state index contributed by atoms with van der Waals surface area (Å²) in [5, 5.41) is 8.30. The molecule has 0 radical (unpaired) electrons. The number of nitrogens with one attached hydrogen (secondary N) is 1. The molecule has 3 aromatic rings. The molecule has 0 unspecified atom stereocenters. The smallest absolute Gasteiger partial charge is 0.264 e. The first-order valence-corrected chi connectivity index (χ1v) is 5.22. The van der Waals surface area contributed by atoms with Crippen LogP contribution in [0.1, 0.15) is 0 Å². The molecule has 2 aromatic heterocycles. The lowest BCUT2D eigenvalue weighted by molar-refractivity contribution is 0.991. The molecule has 17 heavy (non-hydrogen) atoms. The van der Waals surface area contributed by atoms with Gasteiger partial charge in [0.05, 0.1) is 6.20 Å². The van der Waals surface area contributed by atoms with Crippen molar-refractivity contribution in [3.05, 3.63) is 59.3 Å². The van der Waals surface area contributed by atoms with Crippen LogP contribution >= 0.6 is 0 Å². The van der Waals surface area contributed by atoms with Crippen LogP contribution < -0.4 is 5.56 Å². The summed E-state index contributed by atoms with van der Waals surface area (Å²) in [7, 11) is 0. The van der Waals surface area contributed by atoms with Crippen molar-refractivity contribution in [2.75, 3.05) is 0 Å². The molecular formula is C13H9N3O. The Balaban J connectivity index is 2.34. The highest BCUT2D eigenvalue weighted by molar-refractivity contribution is 5.95. The zero-order chi connectivity index (χ0) is 11.7. The highest BCUT2D eigenvalue weighted by atomic mass is 16.1. The van der Waals surface area contributed by atoms with Gasteiger partial charge in [0.15, 0.2) is 0 Å². The molecule has 0 saturated heterocycles. The van der Waals surface area contributed by atoms with Gasteiger partial charge in [-0.3, -0.25) is 9.78 Å². The second kappa shape index (κ2) is 3.83. The third-order valence-electron chi connectivity index (χ3n) is 2.66. The highest BCUT2D eigenvalue weighted by Crippen LogP contribution is 2.26. The number of hydrogen-bond acceptors (Lipinski definition) is 3. The van der Waals surface area contributed by atoms with Crippen LogP contribution in [0.2, 0.25) is 0 Å². The number of rotatable bonds is 1. The molecule has 1 N–H and O–H groups in total. The van der Waals surface area contributed by atoms with Crippen molar-refractivity contribution in [3.8, 4) is 11.1 Å². The first-order valence-electron chi connectivity index (χ1n) is 5.22. The van der Waals surface area contributed by atoms with Gasteiger partial charge in [0.1, 0.15) is 0 Å². The number of fused-ring (bicyclic) bond motifs is 1. The van der Waals surface area contributed by atoms with E-state index in [1.807, 2.05) is 24.3 Å². The minimum Gasteiger partial charge on any atom is -0.268 e. The number of H-pyrrole nitrogens is 1. The maximum atomic E-state index is 11.3. The normalized spacial score (nSPS) is 10.6. The van der Waals surface area contributed by atoms with E-state index in [0.29, 0.717) is 0 Å². The molecule has 82 valence electrons. The van der Waals surface area contributed by atoms with E-state index in [-0.39, 0.29) is 5.56 Å². The summed E-state index contributed by atoms with van der Waals surface area (Å²) >= 11 is 0. The Morgan fingerprint density at radius 3 is 2.94 bits per heavy atom. The first kappa shape index (κ1) is 9.72. The number of aromatic nitrogens is 3. The van der Waals surface area contributed by atoms with Gasteiger partial charge in [-0.25, -0.2) is 5.10 Å². The average Bonchev–Trinajstić information content (AvgIpc) is 2.38. The number of pyridine rings is 1. The maximum absolute atomic E-state index is 11.3. The highest BCUT2D eigenvalue weighted by Gasteiger charge is 2.03. The molecule has 2 heterocycles. The van der Waals surface area contributed by atoms with Crippen LogP contribution in [-0.2, 0) is 0 Å². The third-order valence-corrected chi connectivity index (χ3v) is 2.66. The van der Waals surface area contributed by atoms with Crippen LogP contribution in [0.15, 0.2) is 53.7 Å². The topological polar surface area (TPSA) is 58.6 Å². The van der Waals surface area contributed by atoms with E-state index < -0.39 is 0 Å². The van der Waals surface area contributed by atoms with Crippen molar-refractivity contribution in [3.63, 3.8) is 0 Å². The molecule has 0 saturated carbocycles. The number of benzene rings is 1. The Morgan fingerprint density at radius 2 is 2.06 bits per heavy atom. The van der Waals surface area contributed by atoms with Crippen LogP contribution in [0.4, 0.5) is 0 Å². The van der Waals surface area contributed by atoms with Crippen LogP contribution in [0.25, 0.3) is 21.9 Å². The molecule has 4 heteroatoms. The number of nitrogens with zero attached hydrogens (tertiary/aromatic N) is 2. The summed E-state index contributed by atoms with van der Waals surface area (Å²) in [6, 6.07) is 9.39. The second-order valence-electron chi connectivity index (χ2n) is 3.74. The lowest BCUT2D eigenvalue weighted by Crippen LogP contribution is -2.05. The summed E-state index contributed by atoms with van der Waals surface area (Å²) in [5.41, 5.74) is 1.60. The van der Waals surface area contributed by atoms with Crippen molar-refractivity contribution >= 4 is 10.8 Å². The van der Waals surface area contributed by atoms with E-state index in [9.17, 15) is 4.79 Å². The Kier molecular flexibility index (Phi) is 2.19. The molecule has 0 fully saturated rings. The van der Waals surface area contributed by atoms with Crippen molar-refractivity contribution in [2.24, 2.45) is 0 Å². The molecule has 0 aliphatic carbocycles. The van der Waals surface area contributed by atoms with Crippen LogP contribution in [0.3, 0.4) is 0 Å². The van der Waals surface area contributed by atoms with Gasteiger partial charge in [-0.05, 0) is 17.0 Å². The second-order valence-corrected chi connectivity index (χ2v) is 3.74. The van der Waals surface area contributed by atoms with Gasteiger partial charge in [-0.1, -0.05) is 18.2 Å². The molecule has 3 rings (SSSR count). The average molecular weight is 223 g/mol. The van der Waals surface area contributed by atoms with E-state index in [1.54, 1.807) is 24.7 Å². The zero-order valence-corrected chi connectivity index (χ0v) is 8.92. The van der Waals surface area contributed by atoms with Crippen molar-refractivity contribution in [2.45, 2.75) is 0 Å². The Labute approximate surface area is 97.0 Å². The minimum absolute atomic E-state index is 0.200. The molecule has 0 spiro atoms. The van der Waals surface area contributed by atoms with Gasteiger partial charge in [0.25, 0.3) is 5.56 Å². The molecular weight excluding hydrogens is 214 g/mol. The third kappa shape index (κ3) is 1.69. The maximum Gasteiger partial charge on any atom is 0.264 e. The van der Waals surface area contributed by atoms with Gasteiger partial charge in [-0.2, -0.15) is 5.10 Å². The van der Waals surface area contributed by atoms with E-state index >= 15 is 0 Å². The predicted molar refractivity (Wildman–Crippen MR) is 65.6 cm³/mol. The summed E-state index contributed by atoms with van der Waals surface area (Å²) in [6.45, 7) is 0. The Bertz CT molecular complexity index is 728. The first-order chi connectivity index (χ1) is 8.34. The molecule has 0 aliphatic rings. The van der Waals surface area contributed by atoms with Gasteiger partial charge in [0, 0.05) is 29.4 Å². The van der Waals surface area contributed by atoms with E-state index in [1.165, 1.54) is 0 Å². The lowest BCUT2D eigenvalue weighted by Gasteiger charge is -2.04. The quantitative estimate of drug-likeness (QED) is 0.686. The van der Waals surface area contributed by atoms with Gasteiger partial charge < -0.3 is 0 Å². The summed E-state index contributed by atoms with van der Waals surface area (Å²) in [5.74, 6) is 0. The molecule has 0 atom stereocenters. The fourth-order valence-corrected chi connectivity index (χ4v) is 1.90. The molecule has 4 nitrogen and oxygen atoms in total. The summed E-state index contributed by atoms with van der Waals surface area (Å²) < 4.78 is 0. The van der Waals surface area contributed by atoms with Gasteiger partial charge >= 0.3 is 0 Å². The van der Waals surface area contributed by atoms with E-state index in [0.717, 1.165) is 21.9 Å². The fraction of sp³-hybridized carbons (Fsp3) is 0. The van der Waals surface area contributed by atoms with Crippen molar-refractivity contribution < 1.29 is 0 Å². The summed E-state index contributed by atoms with van der Waals surface area (Å²) in [4.78, 5) is 15.4. The SMILES string of the molecule is O=c1cc(-c2cccc3cnccc23)cn[nH]1. The van der Waals surface area contributed by atoms with E-state index in [2.05, 4.69) is 15.2 Å². The largest absolute Gasteiger partial charge is 0.268 e. The van der Waals surface area contributed by atoms with Gasteiger partial charge in [0.2, 0.25) is 0 Å². The standard InChI is InChI=1S/C13H9N3O/c17-13-6-10(8-15-16-13)11-3-1-2-9-7-14-5-4-12(9)11/h1-8H,(H,16,17). The monoisotopic (exact) mass is 223 g/mol. The Hall–Kier alpha value is -2.49. The fourth-order valence-electron chi connectivity index (χ4n) is 1.90. The lowest BCUT2D eigenvalue weighted by atomic mass is 10.0. The molecule has 0 aliphatic heterocycles. The molecule has 1 aromatic carbocycles. The number of aromatic amines is 1. The Morgan fingerprint density at radius 1 is 1.12 bits per heavy atom. The van der Waals surface area contributed by atoms with Crippen LogP contribution in [0, 0.1) is 0 Å². The van der Waals surface area contributed by atoms with Crippen LogP contribution in [0.5, 0.6) is 0 Å². The molecule has 0 amide bonds. The van der Waals surface area contributed by atoms with Gasteiger partial charge in [-0.15, -0.1) is 0 Å². The van der Waals surface area contributed by atoms with Crippen molar-refractivity contribution in [1.29, 1.82) is 0 Å². The van der Waals surface area contributed by atoms with Crippen molar-refractivity contribution in [1.82, 2.24) is 15.2 Å². The molecule has 0 bridgehead atoms. The van der Waals surface area contributed by atoms with Crippen LogP contribution in [-0.4, -0.2) is 15.2 Å². The minimum atomic E-state index is -0.200.